The molecule has 3 heteroatoms. The molecule has 2 heterocycles. The van der Waals surface area contributed by atoms with E-state index in [0.29, 0.717) is 5.92 Å². The Morgan fingerprint density at radius 3 is 3.12 bits per heavy atom. The highest BCUT2D eigenvalue weighted by Gasteiger charge is 2.27. The van der Waals surface area contributed by atoms with E-state index in [1.165, 1.54) is 16.8 Å². The zero-order valence-electron chi connectivity index (χ0n) is 10.1. The van der Waals surface area contributed by atoms with Crippen LogP contribution in [0.5, 0.6) is 0 Å². The molecule has 0 spiro atoms. The molecule has 1 unspecified atom stereocenters. The number of hydrogen-bond acceptors (Lipinski definition) is 2. The van der Waals surface area contributed by atoms with Crippen LogP contribution < -0.4 is 5.32 Å². The number of fused-ring (bicyclic) bond motifs is 3. The predicted molar refractivity (Wildman–Crippen MR) is 69.4 cm³/mol. The van der Waals surface area contributed by atoms with E-state index >= 15 is 0 Å². The minimum atomic E-state index is 0.125. The van der Waals surface area contributed by atoms with Crippen LogP contribution in [0.1, 0.15) is 48.2 Å². The first-order chi connectivity index (χ1) is 8.35. The lowest BCUT2D eigenvalue weighted by molar-refractivity contribution is 0.348. The van der Waals surface area contributed by atoms with Gasteiger partial charge in [0, 0.05) is 17.0 Å². The largest absolute Gasteiger partial charge is 0.392 e. The molecule has 2 aliphatic rings. The Bertz CT molecular complexity index is 497. The van der Waals surface area contributed by atoms with Crippen LogP contribution in [0.2, 0.25) is 0 Å². The molecule has 1 aliphatic heterocycles. The molecule has 3 rings (SSSR count). The molecule has 1 aromatic heterocycles. The molecule has 90 valence electrons. The number of allylic oxidation sites excluding steroid dienone is 1. The third kappa shape index (κ3) is 1.53. The minimum absolute atomic E-state index is 0.125. The van der Waals surface area contributed by atoms with Gasteiger partial charge in [-0.2, -0.15) is 0 Å². The van der Waals surface area contributed by atoms with Crippen LogP contribution in [0.15, 0.2) is 12.3 Å². The fraction of sp³-hybridized carbons (Fsp3) is 0.429. The van der Waals surface area contributed by atoms with Gasteiger partial charge in [0.05, 0.1) is 13.2 Å². The molecule has 1 aliphatic carbocycles. The van der Waals surface area contributed by atoms with Crippen molar-refractivity contribution in [2.24, 2.45) is 0 Å². The topological polar surface area (TPSA) is 48.0 Å². The zero-order chi connectivity index (χ0) is 11.8. The Morgan fingerprint density at radius 1 is 1.47 bits per heavy atom. The number of aliphatic hydroxyl groups is 1. The average Bonchev–Trinajstić information content (AvgIpc) is 2.77. The zero-order valence-corrected chi connectivity index (χ0v) is 10.1. The second kappa shape index (κ2) is 4.08. The first-order valence-corrected chi connectivity index (χ1v) is 6.30. The van der Waals surface area contributed by atoms with Gasteiger partial charge in [-0.1, -0.05) is 13.0 Å². The fourth-order valence-electron chi connectivity index (χ4n) is 2.91. The van der Waals surface area contributed by atoms with Crippen molar-refractivity contribution in [3.63, 3.8) is 0 Å². The van der Waals surface area contributed by atoms with Crippen molar-refractivity contribution >= 4 is 11.6 Å². The number of rotatable bonds is 2. The third-order valence-corrected chi connectivity index (χ3v) is 3.85. The summed E-state index contributed by atoms with van der Waals surface area (Å²) in [5, 5.41) is 12.7. The van der Waals surface area contributed by atoms with Crippen molar-refractivity contribution < 1.29 is 5.11 Å². The van der Waals surface area contributed by atoms with Crippen molar-refractivity contribution in [2.45, 2.75) is 32.2 Å². The van der Waals surface area contributed by atoms with Crippen molar-refractivity contribution in [1.82, 2.24) is 10.3 Å². The van der Waals surface area contributed by atoms with Gasteiger partial charge in [0.15, 0.2) is 0 Å². The van der Waals surface area contributed by atoms with Gasteiger partial charge in [-0.25, -0.2) is 0 Å². The monoisotopic (exact) mass is 230 g/mol. The normalized spacial score (nSPS) is 21.5. The Kier molecular flexibility index (Phi) is 2.56. The minimum Gasteiger partial charge on any atom is -0.392 e. The number of H-pyrrole nitrogens is 1. The molecular weight excluding hydrogens is 212 g/mol. The summed E-state index contributed by atoms with van der Waals surface area (Å²) in [5.41, 5.74) is 6.20. The Labute approximate surface area is 101 Å². The molecule has 0 fully saturated rings. The highest BCUT2D eigenvalue weighted by atomic mass is 16.3. The maximum absolute atomic E-state index is 9.44. The van der Waals surface area contributed by atoms with Crippen LogP contribution in [0.4, 0.5) is 0 Å². The first kappa shape index (κ1) is 10.7. The molecule has 0 radical (unpaired) electrons. The smallest absolute Gasteiger partial charge is 0.0699 e. The standard InChI is InChI=1S/C14H18N2O/c1-2-9-3-4-10(8-17)14-13(9)11-5-6-15-7-12(11)16-14/h4-6,9,15-17H,2-3,7-8H2,1H3. The van der Waals surface area contributed by atoms with Crippen molar-refractivity contribution in [2.75, 3.05) is 6.61 Å². The van der Waals surface area contributed by atoms with E-state index in [1.54, 1.807) is 0 Å². The lowest BCUT2D eigenvalue weighted by Crippen LogP contribution is -2.11. The summed E-state index contributed by atoms with van der Waals surface area (Å²) in [6.07, 6.45) is 8.53. The quantitative estimate of drug-likeness (QED) is 0.730. The van der Waals surface area contributed by atoms with Crippen LogP contribution in [0.25, 0.3) is 11.6 Å². The summed E-state index contributed by atoms with van der Waals surface area (Å²) < 4.78 is 0. The van der Waals surface area contributed by atoms with Crippen LogP contribution in [-0.4, -0.2) is 16.7 Å². The molecule has 0 saturated heterocycles. The molecule has 0 amide bonds. The Morgan fingerprint density at radius 2 is 2.35 bits per heavy atom. The van der Waals surface area contributed by atoms with E-state index in [9.17, 15) is 5.11 Å². The average molecular weight is 230 g/mol. The molecule has 1 aromatic rings. The second-order valence-corrected chi connectivity index (χ2v) is 4.75. The highest BCUT2D eigenvalue weighted by Crippen LogP contribution is 2.40. The molecule has 1 atom stereocenters. The van der Waals surface area contributed by atoms with Gasteiger partial charge >= 0.3 is 0 Å². The van der Waals surface area contributed by atoms with Gasteiger partial charge in [-0.15, -0.1) is 0 Å². The summed E-state index contributed by atoms with van der Waals surface area (Å²) in [7, 11) is 0. The maximum Gasteiger partial charge on any atom is 0.0699 e. The van der Waals surface area contributed by atoms with Gasteiger partial charge in [-0.3, -0.25) is 0 Å². The summed E-state index contributed by atoms with van der Waals surface area (Å²) in [5.74, 6) is 0.586. The van der Waals surface area contributed by atoms with E-state index in [1.807, 2.05) is 6.20 Å². The van der Waals surface area contributed by atoms with Crippen molar-refractivity contribution in [3.8, 4) is 0 Å². The first-order valence-electron chi connectivity index (χ1n) is 6.30. The summed E-state index contributed by atoms with van der Waals surface area (Å²) in [6, 6.07) is 0. The van der Waals surface area contributed by atoms with Gasteiger partial charge in [-0.05, 0) is 42.2 Å². The molecule has 3 nitrogen and oxygen atoms in total. The molecule has 0 bridgehead atoms. The third-order valence-electron chi connectivity index (χ3n) is 3.85. The number of aliphatic hydroxyl groups excluding tert-OH is 1. The van der Waals surface area contributed by atoms with Crippen LogP contribution >= 0.6 is 0 Å². The van der Waals surface area contributed by atoms with Crippen molar-refractivity contribution in [1.29, 1.82) is 0 Å². The number of nitrogens with one attached hydrogen (secondary N) is 2. The summed E-state index contributed by atoms with van der Waals surface area (Å²) >= 11 is 0. The van der Waals surface area contributed by atoms with Crippen LogP contribution in [0.3, 0.4) is 0 Å². The van der Waals surface area contributed by atoms with Crippen LogP contribution in [-0.2, 0) is 6.54 Å². The number of aromatic nitrogens is 1. The van der Waals surface area contributed by atoms with E-state index in [-0.39, 0.29) is 6.61 Å². The van der Waals surface area contributed by atoms with Gasteiger partial charge in [0.2, 0.25) is 0 Å². The van der Waals surface area contributed by atoms with Gasteiger partial charge < -0.3 is 15.4 Å². The lowest BCUT2D eigenvalue weighted by atomic mass is 9.83. The molecule has 0 saturated carbocycles. The van der Waals surface area contributed by atoms with E-state index in [4.69, 9.17) is 0 Å². The molecule has 3 N–H and O–H groups in total. The van der Waals surface area contributed by atoms with Gasteiger partial charge in [0.25, 0.3) is 0 Å². The van der Waals surface area contributed by atoms with E-state index in [2.05, 4.69) is 29.4 Å². The fourth-order valence-corrected chi connectivity index (χ4v) is 2.91. The highest BCUT2D eigenvalue weighted by molar-refractivity contribution is 5.75. The van der Waals surface area contributed by atoms with Crippen LogP contribution in [0, 0.1) is 0 Å². The SMILES string of the molecule is CCC1CC=C(CO)c2[nH]c3c(c21)C=CNC3. The van der Waals surface area contributed by atoms with E-state index < -0.39 is 0 Å². The maximum atomic E-state index is 9.44. The predicted octanol–water partition coefficient (Wildman–Crippen LogP) is 2.36. The summed E-state index contributed by atoms with van der Waals surface area (Å²) in [4.78, 5) is 3.48. The lowest BCUT2D eigenvalue weighted by Gasteiger charge is -2.22. The number of hydrogen-bond donors (Lipinski definition) is 3. The molecule has 0 aromatic carbocycles. The Balaban J connectivity index is 2.18. The Hall–Kier alpha value is -1.48. The second-order valence-electron chi connectivity index (χ2n) is 4.75. The summed E-state index contributed by atoms with van der Waals surface area (Å²) in [6.45, 7) is 3.21. The molecular formula is C14H18N2O. The molecule has 17 heavy (non-hydrogen) atoms. The number of aromatic amines is 1. The van der Waals surface area contributed by atoms with Crippen molar-refractivity contribution in [3.05, 3.63) is 34.8 Å². The van der Waals surface area contributed by atoms with Gasteiger partial charge in [0.1, 0.15) is 0 Å². The van der Waals surface area contributed by atoms with E-state index in [0.717, 1.165) is 30.7 Å².